The normalized spacial score (nSPS) is 24.5. The molecule has 0 heterocycles. The first-order valence-electron chi connectivity index (χ1n) is 7.02. The van der Waals surface area contributed by atoms with Crippen LogP contribution in [0.25, 0.3) is 0 Å². The second-order valence-electron chi connectivity index (χ2n) is 5.64. The zero-order valence-corrected chi connectivity index (χ0v) is 11.4. The van der Waals surface area contributed by atoms with Crippen LogP contribution >= 0.6 is 0 Å². The van der Waals surface area contributed by atoms with Crippen molar-refractivity contribution >= 4 is 5.78 Å². The van der Waals surface area contributed by atoms with Gasteiger partial charge in [-0.15, -0.1) is 0 Å². The summed E-state index contributed by atoms with van der Waals surface area (Å²) in [5, 5.41) is 0. The number of hydrogen-bond acceptors (Lipinski definition) is 3. The molecule has 19 heavy (non-hydrogen) atoms. The van der Waals surface area contributed by atoms with Crippen LogP contribution in [-0.2, 0) is 16.1 Å². The SMILES string of the molecule is COc1cccc(COC2CC(=O)C23CCCC3)c1. The van der Waals surface area contributed by atoms with Gasteiger partial charge in [0.15, 0.2) is 0 Å². The molecule has 0 radical (unpaired) electrons. The van der Waals surface area contributed by atoms with Gasteiger partial charge in [-0.1, -0.05) is 25.0 Å². The van der Waals surface area contributed by atoms with Crippen LogP contribution < -0.4 is 4.74 Å². The molecule has 1 aromatic carbocycles. The number of ether oxygens (including phenoxy) is 2. The quantitative estimate of drug-likeness (QED) is 0.834. The minimum atomic E-state index is -0.126. The average molecular weight is 260 g/mol. The Morgan fingerprint density at radius 1 is 1.32 bits per heavy atom. The molecular formula is C16H20O3. The highest BCUT2D eigenvalue weighted by molar-refractivity contribution is 5.92. The van der Waals surface area contributed by atoms with E-state index in [1.807, 2.05) is 24.3 Å². The molecule has 2 aliphatic carbocycles. The van der Waals surface area contributed by atoms with E-state index in [-0.39, 0.29) is 11.5 Å². The fourth-order valence-electron chi connectivity index (χ4n) is 3.40. The monoisotopic (exact) mass is 260 g/mol. The minimum Gasteiger partial charge on any atom is -0.497 e. The van der Waals surface area contributed by atoms with Gasteiger partial charge in [0.2, 0.25) is 0 Å². The predicted octanol–water partition coefficient (Wildman–Crippen LogP) is 3.11. The van der Waals surface area contributed by atoms with Crippen LogP contribution in [0.2, 0.25) is 0 Å². The summed E-state index contributed by atoms with van der Waals surface area (Å²) in [5.74, 6) is 1.27. The van der Waals surface area contributed by atoms with Crippen LogP contribution in [0, 0.1) is 5.41 Å². The summed E-state index contributed by atoms with van der Waals surface area (Å²) in [6, 6.07) is 7.91. The summed E-state index contributed by atoms with van der Waals surface area (Å²) in [6.07, 6.45) is 5.12. The van der Waals surface area contributed by atoms with Gasteiger partial charge in [-0.3, -0.25) is 4.79 Å². The van der Waals surface area contributed by atoms with Crippen LogP contribution in [0.5, 0.6) is 5.75 Å². The third-order valence-electron chi connectivity index (χ3n) is 4.62. The summed E-state index contributed by atoms with van der Waals surface area (Å²) < 4.78 is 11.2. The molecule has 0 aromatic heterocycles. The highest BCUT2D eigenvalue weighted by atomic mass is 16.5. The number of ketones is 1. The molecule has 0 saturated heterocycles. The molecule has 3 heteroatoms. The fraction of sp³-hybridized carbons (Fsp3) is 0.562. The lowest BCUT2D eigenvalue weighted by Crippen LogP contribution is -2.53. The van der Waals surface area contributed by atoms with Crippen molar-refractivity contribution in [3.05, 3.63) is 29.8 Å². The number of methoxy groups -OCH3 is 1. The summed E-state index contributed by atoms with van der Waals surface area (Å²) in [6.45, 7) is 0.566. The van der Waals surface area contributed by atoms with E-state index < -0.39 is 0 Å². The molecule has 0 bridgehead atoms. The van der Waals surface area contributed by atoms with Crippen LogP contribution in [0.1, 0.15) is 37.7 Å². The van der Waals surface area contributed by atoms with Crippen molar-refractivity contribution in [2.24, 2.45) is 5.41 Å². The van der Waals surface area contributed by atoms with E-state index in [2.05, 4.69) is 0 Å². The van der Waals surface area contributed by atoms with Crippen molar-refractivity contribution < 1.29 is 14.3 Å². The summed E-state index contributed by atoms with van der Waals surface area (Å²) in [7, 11) is 1.66. The molecular weight excluding hydrogens is 240 g/mol. The Hall–Kier alpha value is -1.35. The van der Waals surface area contributed by atoms with E-state index in [9.17, 15) is 4.79 Å². The van der Waals surface area contributed by atoms with Gasteiger partial charge in [0, 0.05) is 6.42 Å². The van der Waals surface area contributed by atoms with Crippen LogP contribution in [0.3, 0.4) is 0 Å². The van der Waals surface area contributed by atoms with Crippen molar-refractivity contribution in [3.8, 4) is 5.75 Å². The van der Waals surface area contributed by atoms with E-state index in [4.69, 9.17) is 9.47 Å². The average Bonchev–Trinajstić information content (AvgIpc) is 2.96. The number of hydrogen-bond donors (Lipinski definition) is 0. The zero-order chi connectivity index (χ0) is 13.3. The predicted molar refractivity (Wildman–Crippen MR) is 72.1 cm³/mol. The van der Waals surface area contributed by atoms with Gasteiger partial charge in [-0.25, -0.2) is 0 Å². The Morgan fingerprint density at radius 3 is 2.79 bits per heavy atom. The molecule has 0 amide bonds. The van der Waals surface area contributed by atoms with Crippen molar-refractivity contribution in [1.29, 1.82) is 0 Å². The fourth-order valence-corrected chi connectivity index (χ4v) is 3.40. The minimum absolute atomic E-state index is 0.126. The molecule has 3 nitrogen and oxygen atoms in total. The van der Waals surface area contributed by atoms with Gasteiger partial charge in [-0.05, 0) is 30.5 Å². The first-order chi connectivity index (χ1) is 9.24. The maximum absolute atomic E-state index is 11.9. The maximum atomic E-state index is 11.9. The van der Waals surface area contributed by atoms with E-state index >= 15 is 0 Å². The van der Waals surface area contributed by atoms with Crippen LogP contribution in [0.15, 0.2) is 24.3 Å². The molecule has 2 fully saturated rings. The molecule has 0 aliphatic heterocycles. The maximum Gasteiger partial charge on any atom is 0.144 e. The summed E-state index contributed by atoms with van der Waals surface area (Å²) >= 11 is 0. The van der Waals surface area contributed by atoms with E-state index in [1.165, 1.54) is 12.8 Å². The van der Waals surface area contributed by atoms with E-state index in [0.29, 0.717) is 18.8 Å². The molecule has 102 valence electrons. The summed E-state index contributed by atoms with van der Waals surface area (Å²) in [4.78, 5) is 11.9. The van der Waals surface area contributed by atoms with Gasteiger partial charge >= 0.3 is 0 Å². The first kappa shape index (κ1) is 12.7. The van der Waals surface area contributed by atoms with E-state index in [1.54, 1.807) is 7.11 Å². The Balaban J connectivity index is 1.62. The lowest BCUT2D eigenvalue weighted by Gasteiger charge is -2.44. The van der Waals surface area contributed by atoms with Gasteiger partial charge in [-0.2, -0.15) is 0 Å². The van der Waals surface area contributed by atoms with Gasteiger partial charge in [0.25, 0.3) is 0 Å². The largest absolute Gasteiger partial charge is 0.497 e. The van der Waals surface area contributed by atoms with Crippen molar-refractivity contribution in [3.63, 3.8) is 0 Å². The van der Waals surface area contributed by atoms with Crippen molar-refractivity contribution in [2.45, 2.75) is 44.8 Å². The number of Topliss-reactive ketones (excluding diaryl/α,β-unsaturated/α-hetero) is 1. The molecule has 0 N–H and O–H groups in total. The van der Waals surface area contributed by atoms with Crippen LogP contribution in [0.4, 0.5) is 0 Å². The molecule has 2 saturated carbocycles. The van der Waals surface area contributed by atoms with Gasteiger partial charge in [0.05, 0.1) is 25.2 Å². The number of carbonyl (C=O) groups excluding carboxylic acids is 1. The van der Waals surface area contributed by atoms with Crippen LogP contribution in [-0.4, -0.2) is 19.0 Å². The van der Waals surface area contributed by atoms with Crippen molar-refractivity contribution in [2.75, 3.05) is 7.11 Å². The lowest BCUT2D eigenvalue weighted by molar-refractivity contribution is -0.164. The topological polar surface area (TPSA) is 35.5 Å². The zero-order valence-electron chi connectivity index (χ0n) is 11.4. The first-order valence-corrected chi connectivity index (χ1v) is 7.02. The Kier molecular flexibility index (Phi) is 3.31. The summed E-state index contributed by atoms with van der Waals surface area (Å²) in [5.41, 5.74) is 0.977. The second-order valence-corrected chi connectivity index (χ2v) is 5.64. The molecule has 1 spiro atoms. The van der Waals surface area contributed by atoms with Gasteiger partial charge in [0.1, 0.15) is 11.5 Å². The standard InChI is InChI=1S/C16H20O3/c1-18-13-6-4-5-12(9-13)11-19-15-10-14(17)16(15)7-2-3-8-16/h4-6,9,15H,2-3,7-8,10-11H2,1H3. The third-order valence-corrected chi connectivity index (χ3v) is 4.62. The number of benzene rings is 1. The third kappa shape index (κ3) is 2.16. The highest BCUT2D eigenvalue weighted by Gasteiger charge is 2.56. The molecule has 1 aromatic rings. The smallest absolute Gasteiger partial charge is 0.144 e. The Bertz CT molecular complexity index is 475. The highest BCUT2D eigenvalue weighted by Crippen LogP contribution is 2.52. The number of carbonyl (C=O) groups is 1. The molecule has 1 atom stereocenters. The van der Waals surface area contributed by atoms with E-state index in [0.717, 1.165) is 24.2 Å². The van der Waals surface area contributed by atoms with Gasteiger partial charge < -0.3 is 9.47 Å². The molecule has 3 rings (SSSR count). The van der Waals surface area contributed by atoms with Crippen molar-refractivity contribution in [1.82, 2.24) is 0 Å². The molecule has 1 unspecified atom stereocenters. The lowest BCUT2D eigenvalue weighted by atomic mass is 9.63. The second kappa shape index (κ2) is 4.97. The Morgan fingerprint density at radius 2 is 2.11 bits per heavy atom. The molecule has 2 aliphatic rings. The Labute approximate surface area is 113 Å². The number of rotatable bonds is 4.